The van der Waals surface area contributed by atoms with Crippen LogP contribution in [0.5, 0.6) is 5.75 Å². The summed E-state index contributed by atoms with van der Waals surface area (Å²) in [5, 5.41) is 11.5. The second kappa shape index (κ2) is 1.99. The highest BCUT2D eigenvalue weighted by molar-refractivity contribution is 5.49. The Hall–Kier alpha value is -1.02. The van der Waals surface area contributed by atoms with Crippen LogP contribution < -0.4 is 5.32 Å². The summed E-state index contributed by atoms with van der Waals surface area (Å²) in [7, 11) is 0. The van der Waals surface area contributed by atoms with Gasteiger partial charge in [0, 0.05) is 6.42 Å². The first-order valence-corrected chi connectivity index (χ1v) is 3.52. The van der Waals surface area contributed by atoms with E-state index in [0.29, 0.717) is 5.75 Å². The fraction of sp³-hybridized carbons (Fsp3) is 0.250. The largest absolute Gasteiger partial charge is 0.507 e. The minimum atomic E-state index is 0.450. The molecule has 1 aliphatic heterocycles. The summed E-state index contributed by atoms with van der Waals surface area (Å²) >= 11 is 0. The van der Waals surface area contributed by atoms with E-state index < -0.39 is 0 Å². The summed E-state index contributed by atoms with van der Waals surface area (Å²) in [6.07, 6.45) is 1.00. The van der Waals surface area contributed by atoms with Gasteiger partial charge in [0.15, 0.2) is 0 Å². The minimum Gasteiger partial charge on any atom is -0.507 e. The maximum Gasteiger partial charge on any atom is 0.136 e. The maximum absolute atomic E-state index is 9.31. The molecule has 2 heteroatoms. The van der Waals surface area contributed by atoms with Crippen molar-refractivity contribution >= 4 is 5.69 Å². The summed E-state index contributed by atoms with van der Waals surface area (Å²) in [5.74, 6) is 0.450. The van der Waals surface area contributed by atoms with E-state index in [-0.39, 0.29) is 0 Å². The Morgan fingerprint density at radius 2 is 2.30 bits per heavy atom. The van der Waals surface area contributed by atoms with E-state index in [1.54, 1.807) is 6.07 Å². The average Bonchev–Trinajstić information content (AvgIpc) is 2.36. The highest BCUT2D eigenvalue weighted by Gasteiger charge is 2.16. The van der Waals surface area contributed by atoms with Gasteiger partial charge in [-0.2, -0.15) is 0 Å². The fourth-order valence-corrected chi connectivity index (χ4v) is 1.43. The highest BCUT2D eigenvalue weighted by atomic mass is 16.3. The molecule has 0 aromatic heterocycles. The van der Waals surface area contributed by atoms with Crippen molar-refractivity contribution in [2.75, 3.05) is 6.54 Å². The molecule has 0 unspecified atom stereocenters. The summed E-state index contributed by atoms with van der Waals surface area (Å²) in [6, 6.07) is 5.68. The topological polar surface area (TPSA) is 36.8 Å². The molecule has 0 amide bonds. The molecule has 52 valence electrons. The van der Waals surface area contributed by atoms with E-state index in [4.69, 9.17) is 0 Å². The lowest BCUT2D eigenvalue weighted by atomic mass is 10.1. The molecule has 0 atom stereocenters. The van der Waals surface area contributed by atoms with Crippen molar-refractivity contribution in [3.63, 3.8) is 0 Å². The Morgan fingerprint density at radius 1 is 1.40 bits per heavy atom. The number of quaternary nitrogens is 1. The number of phenols is 1. The molecule has 10 heavy (non-hydrogen) atoms. The Bertz CT molecular complexity index is 257. The highest BCUT2D eigenvalue weighted by Crippen LogP contribution is 2.24. The summed E-state index contributed by atoms with van der Waals surface area (Å²) < 4.78 is 0. The molecule has 1 aromatic rings. The van der Waals surface area contributed by atoms with Crippen LogP contribution in [0, 0.1) is 0 Å². The first-order valence-electron chi connectivity index (χ1n) is 3.52. The molecule has 0 aliphatic carbocycles. The fourth-order valence-electron chi connectivity index (χ4n) is 1.43. The third-order valence-electron chi connectivity index (χ3n) is 1.95. The van der Waals surface area contributed by atoms with Crippen molar-refractivity contribution in [3.05, 3.63) is 23.8 Å². The summed E-state index contributed by atoms with van der Waals surface area (Å²) in [4.78, 5) is 0. The van der Waals surface area contributed by atoms with E-state index in [1.165, 1.54) is 5.69 Å². The van der Waals surface area contributed by atoms with Crippen molar-refractivity contribution < 1.29 is 10.4 Å². The van der Waals surface area contributed by atoms with Gasteiger partial charge in [0.1, 0.15) is 11.4 Å². The van der Waals surface area contributed by atoms with Gasteiger partial charge < -0.3 is 10.4 Å². The van der Waals surface area contributed by atoms with Crippen LogP contribution in [-0.4, -0.2) is 11.7 Å². The molecule has 0 fully saturated rings. The normalized spacial score (nSPS) is 15.2. The number of benzene rings is 1. The number of hydrogen-bond acceptors (Lipinski definition) is 1. The van der Waals surface area contributed by atoms with Crippen LogP contribution in [0.25, 0.3) is 0 Å². The molecule has 2 rings (SSSR count). The van der Waals surface area contributed by atoms with Crippen LogP contribution in [0.2, 0.25) is 0 Å². The predicted octanol–water partition coefficient (Wildman–Crippen LogP) is 0.143. The number of aromatic hydroxyl groups is 1. The molecule has 1 aliphatic rings. The van der Waals surface area contributed by atoms with E-state index in [9.17, 15) is 5.11 Å². The number of fused-ring (bicyclic) bond motifs is 1. The van der Waals surface area contributed by atoms with Gasteiger partial charge in [-0.3, -0.25) is 0 Å². The van der Waals surface area contributed by atoms with Crippen LogP contribution in [0.15, 0.2) is 18.2 Å². The van der Waals surface area contributed by atoms with Crippen molar-refractivity contribution in [3.8, 4) is 5.75 Å². The zero-order valence-electron chi connectivity index (χ0n) is 5.67. The lowest BCUT2D eigenvalue weighted by molar-refractivity contribution is -0.561. The van der Waals surface area contributed by atoms with Crippen molar-refractivity contribution in [1.82, 2.24) is 0 Å². The minimum absolute atomic E-state index is 0.450. The van der Waals surface area contributed by atoms with Crippen molar-refractivity contribution in [1.29, 1.82) is 0 Å². The molecule has 3 N–H and O–H groups in total. The molecule has 1 aromatic carbocycles. The lowest BCUT2D eigenvalue weighted by Gasteiger charge is -1.95. The van der Waals surface area contributed by atoms with Gasteiger partial charge in [0.2, 0.25) is 0 Å². The third-order valence-corrected chi connectivity index (χ3v) is 1.95. The van der Waals surface area contributed by atoms with Gasteiger partial charge in [-0.05, 0) is 12.1 Å². The van der Waals surface area contributed by atoms with Crippen molar-refractivity contribution in [2.45, 2.75) is 6.42 Å². The molecule has 2 nitrogen and oxygen atoms in total. The molecule has 0 bridgehead atoms. The van der Waals surface area contributed by atoms with Gasteiger partial charge >= 0.3 is 0 Å². The molecule has 0 saturated heterocycles. The predicted molar refractivity (Wildman–Crippen MR) is 38.3 cm³/mol. The Labute approximate surface area is 59.5 Å². The van der Waals surface area contributed by atoms with Gasteiger partial charge in [0.25, 0.3) is 0 Å². The second-order valence-electron chi connectivity index (χ2n) is 2.59. The first-order chi connectivity index (χ1) is 4.88. The molecule has 0 spiro atoms. The standard InChI is InChI=1S/C8H9NO/c10-8-3-1-2-7-6(8)4-5-9-7/h1-3,9-10H,4-5H2/p+1. The zero-order chi connectivity index (χ0) is 6.97. The third kappa shape index (κ3) is 0.693. The van der Waals surface area contributed by atoms with Gasteiger partial charge in [0.05, 0.1) is 12.1 Å². The number of phenolic OH excluding ortho intramolecular Hbond substituents is 1. The van der Waals surface area contributed by atoms with Crippen LogP contribution in [0.4, 0.5) is 5.69 Å². The van der Waals surface area contributed by atoms with Crippen LogP contribution in [-0.2, 0) is 6.42 Å². The second-order valence-corrected chi connectivity index (χ2v) is 2.59. The van der Waals surface area contributed by atoms with E-state index in [1.807, 2.05) is 12.1 Å². The molecular formula is C8H10NO+. The monoisotopic (exact) mass is 136 g/mol. The molecule has 0 radical (unpaired) electrons. The van der Waals surface area contributed by atoms with Gasteiger partial charge in [-0.15, -0.1) is 0 Å². The Balaban J connectivity index is 2.59. The number of hydrogen-bond donors (Lipinski definition) is 2. The smallest absolute Gasteiger partial charge is 0.136 e. The van der Waals surface area contributed by atoms with Crippen molar-refractivity contribution in [2.24, 2.45) is 0 Å². The SMILES string of the molecule is Oc1cccc2c1CC[NH2+]2. The average molecular weight is 136 g/mol. The van der Waals surface area contributed by atoms with Gasteiger partial charge in [-0.25, -0.2) is 0 Å². The van der Waals surface area contributed by atoms with Crippen LogP contribution in [0.1, 0.15) is 5.56 Å². The first kappa shape index (κ1) is 5.74. The molecule has 1 heterocycles. The maximum atomic E-state index is 9.31. The summed E-state index contributed by atoms with van der Waals surface area (Å²) in [5.41, 5.74) is 2.32. The van der Waals surface area contributed by atoms with E-state index >= 15 is 0 Å². The van der Waals surface area contributed by atoms with E-state index in [2.05, 4.69) is 5.32 Å². The lowest BCUT2D eigenvalue weighted by Crippen LogP contribution is -2.75. The number of rotatable bonds is 0. The Kier molecular flexibility index (Phi) is 1.14. The number of nitrogens with two attached hydrogens (primary N) is 1. The van der Waals surface area contributed by atoms with Crippen LogP contribution >= 0.6 is 0 Å². The zero-order valence-corrected chi connectivity index (χ0v) is 5.67. The molecule has 0 saturated carbocycles. The van der Waals surface area contributed by atoms with Gasteiger partial charge in [-0.1, -0.05) is 6.07 Å². The Morgan fingerprint density at radius 3 is 3.10 bits per heavy atom. The molecular weight excluding hydrogens is 126 g/mol. The summed E-state index contributed by atoms with van der Waals surface area (Å²) in [6.45, 7) is 1.08. The van der Waals surface area contributed by atoms with E-state index in [0.717, 1.165) is 18.5 Å². The quantitative estimate of drug-likeness (QED) is 0.489. The van der Waals surface area contributed by atoms with Crippen LogP contribution in [0.3, 0.4) is 0 Å².